The molecule has 30 heavy (non-hydrogen) atoms. The van der Waals surface area contributed by atoms with Gasteiger partial charge in [0.1, 0.15) is 0 Å². The van der Waals surface area contributed by atoms with Crippen molar-refractivity contribution in [3.63, 3.8) is 0 Å². The SMILES string of the molecule is NC(CNC(=O)Cc1ccc(Cl)c(Cl)c1)c1ccc(C(=O)Nc2ccncc2)cc1. The molecule has 1 unspecified atom stereocenters. The summed E-state index contributed by atoms with van der Waals surface area (Å²) >= 11 is 11.9. The molecule has 6 nitrogen and oxygen atoms in total. The molecule has 0 bridgehead atoms. The monoisotopic (exact) mass is 442 g/mol. The van der Waals surface area contributed by atoms with Crippen LogP contribution in [0.4, 0.5) is 5.69 Å². The van der Waals surface area contributed by atoms with Crippen molar-refractivity contribution < 1.29 is 9.59 Å². The number of nitrogens with zero attached hydrogens (tertiary/aromatic N) is 1. The van der Waals surface area contributed by atoms with Crippen molar-refractivity contribution in [2.45, 2.75) is 12.5 Å². The first-order valence-electron chi connectivity index (χ1n) is 9.20. The Hall–Kier alpha value is -2.93. The standard InChI is InChI=1S/C22H20Cl2N4O2/c23-18-6-1-14(11-19(18)24)12-21(29)27-13-20(25)15-2-4-16(5-3-15)22(30)28-17-7-9-26-10-8-17/h1-11,20H,12-13,25H2,(H,27,29)(H,26,28,30). The van der Waals surface area contributed by atoms with Gasteiger partial charge in [-0.15, -0.1) is 0 Å². The van der Waals surface area contributed by atoms with E-state index >= 15 is 0 Å². The van der Waals surface area contributed by atoms with Gasteiger partial charge in [0.25, 0.3) is 5.91 Å². The third-order valence-corrected chi connectivity index (χ3v) is 5.15. The van der Waals surface area contributed by atoms with Crippen LogP contribution in [-0.4, -0.2) is 23.3 Å². The summed E-state index contributed by atoms with van der Waals surface area (Å²) in [6.45, 7) is 0.267. The van der Waals surface area contributed by atoms with Crippen LogP contribution >= 0.6 is 23.2 Å². The number of hydrogen-bond donors (Lipinski definition) is 3. The molecule has 2 amide bonds. The third-order valence-electron chi connectivity index (χ3n) is 4.41. The van der Waals surface area contributed by atoms with Crippen molar-refractivity contribution >= 4 is 40.7 Å². The van der Waals surface area contributed by atoms with Gasteiger partial charge in [-0.1, -0.05) is 41.4 Å². The highest BCUT2D eigenvalue weighted by molar-refractivity contribution is 6.42. The number of halogens is 2. The summed E-state index contributed by atoms with van der Waals surface area (Å²) in [4.78, 5) is 28.4. The van der Waals surface area contributed by atoms with Crippen LogP contribution in [0.2, 0.25) is 10.0 Å². The Balaban J connectivity index is 1.51. The molecule has 0 spiro atoms. The number of benzene rings is 2. The first-order valence-corrected chi connectivity index (χ1v) is 9.95. The van der Waals surface area contributed by atoms with Gasteiger partial charge in [0, 0.05) is 36.2 Å². The van der Waals surface area contributed by atoms with E-state index < -0.39 is 6.04 Å². The Kier molecular flexibility index (Phi) is 7.41. The van der Waals surface area contributed by atoms with Crippen molar-refractivity contribution in [3.8, 4) is 0 Å². The normalized spacial score (nSPS) is 11.6. The molecule has 0 aliphatic carbocycles. The van der Waals surface area contributed by atoms with Crippen molar-refractivity contribution in [1.29, 1.82) is 0 Å². The fourth-order valence-corrected chi connectivity index (χ4v) is 3.08. The first kappa shape index (κ1) is 21.8. The zero-order valence-corrected chi connectivity index (χ0v) is 17.5. The highest BCUT2D eigenvalue weighted by Gasteiger charge is 2.12. The molecule has 3 rings (SSSR count). The molecule has 1 heterocycles. The van der Waals surface area contributed by atoms with Crippen LogP contribution in [0.5, 0.6) is 0 Å². The molecule has 1 atom stereocenters. The molecule has 2 aromatic carbocycles. The Labute approximate surface area is 184 Å². The third kappa shape index (κ3) is 6.03. The zero-order valence-electron chi connectivity index (χ0n) is 15.9. The second-order valence-electron chi connectivity index (χ2n) is 6.65. The lowest BCUT2D eigenvalue weighted by Gasteiger charge is -2.14. The summed E-state index contributed by atoms with van der Waals surface area (Å²) in [5, 5.41) is 6.46. The minimum absolute atomic E-state index is 0.169. The van der Waals surface area contributed by atoms with E-state index in [1.807, 2.05) is 0 Å². The number of aromatic nitrogens is 1. The summed E-state index contributed by atoms with van der Waals surface area (Å²) in [7, 11) is 0. The largest absolute Gasteiger partial charge is 0.354 e. The minimum atomic E-state index is -0.403. The van der Waals surface area contributed by atoms with Gasteiger partial charge in [0.15, 0.2) is 0 Å². The number of pyridine rings is 1. The summed E-state index contributed by atoms with van der Waals surface area (Å²) in [5.74, 6) is -0.395. The van der Waals surface area contributed by atoms with E-state index in [2.05, 4.69) is 15.6 Å². The topological polar surface area (TPSA) is 97.1 Å². The molecule has 154 valence electrons. The van der Waals surface area contributed by atoms with Gasteiger partial charge in [0.2, 0.25) is 5.91 Å². The highest BCUT2D eigenvalue weighted by Crippen LogP contribution is 2.22. The highest BCUT2D eigenvalue weighted by atomic mass is 35.5. The van der Waals surface area contributed by atoms with Crippen molar-refractivity contribution in [2.75, 3.05) is 11.9 Å². The molecular weight excluding hydrogens is 423 g/mol. The van der Waals surface area contributed by atoms with Gasteiger partial charge in [-0.3, -0.25) is 14.6 Å². The van der Waals surface area contributed by atoms with Crippen LogP contribution in [-0.2, 0) is 11.2 Å². The molecule has 0 fully saturated rings. The maximum Gasteiger partial charge on any atom is 0.255 e. The Bertz CT molecular complexity index is 1030. The lowest BCUT2D eigenvalue weighted by Crippen LogP contribution is -2.32. The molecule has 0 aliphatic rings. The first-order chi connectivity index (χ1) is 14.4. The summed E-state index contributed by atoms with van der Waals surface area (Å²) in [5.41, 5.74) is 8.92. The molecule has 1 aromatic heterocycles. The zero-order chi connectivity index (χ0) is 21.5. The summed E-state index contributed by atoms with van der Waals surface area (Å²) < 4.78 is 0. The van der Waals surface area contributed by atoms with Crippen molar-refractivity contribution in [1.82, 2.24) is 10.3 Å². The van der Waals surface area contributed by atoms with Crippen molar-refractivity contribution in [2.24, 2.45) is 5.73 Å². The molecule has 0 saturated carbocycles. The van der Waals surface area contributed by atoms with E-state index in [9.17, 15) is 9.59 Å². The summed E-state index contributed by atoms with van der Waals surface area (Å²) in [6, 6.07) is 15.0. The number of nitrogens with two attached hydrogens (primary N) is 1. The minimum Gasteiger partial charge on any atom is -0.354 e. The number of anilines is 1. The van der Waals surface area contributed by atoms with Gasteiger partial charge < -0.3 is 16.4 Å². The second-order valence-corrected chi connectivity index (χ2v) is 7.46. The maximum absolute atomic E-state index is 12.3. The predicted octanol–water partition coefficient (Wildman–Crippen LogP) is 4.00. The van der Waals surface area contributed by atoms with Crippen LogP contribution in [0.3, 0.4) is 0 Å². The van der Waals surface area contributed by atoms with Gasteiger partial charge in [-0.25, -0.2) is 0 Å². The van der Waals surface area contributed by atoms with E-state index in [0.29, 0.717) is 21.3 Å². The number of hydrogen-bond acceptors (Lipinski definition) is 4. The fraction of sp³-hybridized carbons (Fsp3) is 0.136. The molecule has 4 N–H and O–H groups in total. The van der Waals surface area contributed by atoms with Crippen LogP contribution < -0.4 is 16.4 Å². The molecular formula is C22H20Cl2N4O2. The Morgan fingerprint density at radius 3 is 2.33 bits per heavy atom. The predicted molar refractivity (Wildman–Crippen MR) is 119 cm³/mol. The smallest absolute Gasteiger partial charge is 0.255 e. The number of carbonyl (C=O) groups is 2. The van der Waals surface area contributed by atoms with Crippen LogP contribution in [0.15, 0.2) is 67.0 Å². The van der Waals surface area contributed by atoms with Gasteiger partial charge in [-0.05, 0) is 47.5 Å². The maximum atomic E-state index is 12.3. The number of amides is 2. The lowest BCUT2D eigenvalue weighted by atomic mass is 10.0. The number of carbonyl (C=O) groups excluding carboxylic acids is 2. The van der Waals surface area contributed by atoms with E-state index in [1.54, 1.807) is 67.0 Å². The van der Waals surface area contributed by atoms with Gasteiger partial charge in [-0.2, -0.15) is 0 Å². The van der Waals surface area contributed by atoms with Gasteiger partial charge >= 0.3 is 0 Å². The Morgan fingerprint density at radius 2 is 1.67 bits per heavy atom. The van der Waals surface area contributed by atoms with E-state index in [0.717, 1.165) is 11.1 Å². The number of rotatable bonds is 7. The van der Waals surface area contributed by atoms with Crippen LogP contribution in [0, 0.1) is 0 Å². The van der Waals surface area contributed by atoms with Crippen molar-refractivity contribution in [3.05, 3.63) is 93.7 Å². The second kappa shape index (κ2) is 10.2. The van der Waals surface area contributed by atoms with E-state index in [-0.39, 0.29) is 24.8 Å². The molecule has 0 aliphatic heterocycles. The van der Waals surface area contributed by atoms with Gasteiger partial charge in [0.05, 0.1) is 16.5 Å². The Morgan fingerprint density at radius 1 is 0.967 bits per heavy atom. The number of nitrogens with one attached hydrogen (secondary N) is 2. The average Bonchev–Trinajstić information content (AvgIpc) is 2.75. The molecule has 3 aromatic rings. The average molecular weight is 443 g/mol. The van der Waals surface area contributed by atoms with Crippen LogP contribution in [0.1, 0.15) is 27.5 Å². The quantitative estimate of drug-likeness (QED) is 0.514. The van der Waals surface area contributed by atoms with E-state index in [1.165, 1.54) is 0 Å². The molecule has 8 heteroatoms. The van der Waals surface area contributed by atoms with E-state index in [4.69, 9.17) is 28.9 Å². The van der Waals surface area contributed by atoms with Crippen LogP contribution in [0.25, 0.3) is 0 Å². The lowest BCUT2D eigenvalue weighted by molar-refractivity contribution is -0.120. The molecule has 0 radical (unpaired) electrons. The summed E-state index contributed by atoms with van der Waals surface area (Å²) in [6.07, 6.45) is 3.39. The fourth-order valence-electron chi connectivity index (χ4n) is 2.76. The molecule has 0 saturated heterocycles.